The quantitative estimate of drug-likeness (QED) is 0.719. The van der Waals surface area contributed by atoms with Gasteiger partial charge >= 0.3 is 6.03 Å². The molecule has 2 rings (SSSR count). The summed E-state index contributed by atoms with van der Waals surface area (Å²) in [5, 5.41) is 15.4. The molecule has 0 heterocycles. The van der Waals surface area contributed by atoms with Crippen molar-refractivity contribution >= 4 is 6.03 Å². The number of carbonyl (C=O) groups is 1. The lowest BCUT2D eigenvalue weighted by atomic mass is 10.1. The van der Waals surface area contributed by atoms with Crippen molar-refractivity contribution in [1.29, 1.82) is 0 Å². The molecule has 1 saturated carbocycles. The van der Waals surface area contributed by atoms with E-state index in [0.29, 0.717) is 18.2 Å². The molecule has 2 amide bonds. The number of aliphatic hydroxyl groups is 1. The van der Waals surface area contributed by atoms with E-state index in [0.717, 1.165) is 6.54 Å². The van der Waals surface area contributed by atoms with E-state index >= 15 is 0 Å². The summed E-state index contributed by atoms with van der Waals surface area (Å²) in [6.45, 7) is 1.49. The summed E-state index contributed by atoms with van der Waals surface area (Å²) < 4.78 is 12.8. The number of benzene rings is 1. The van der Waals surface area contributed by atoms with Gasteiger partial charge in [0.1, 0.15) is 5.82 Å². The summed E-state index contributed by atoms with van der Waals surface area (Å²) >= 11 is 0. The molecule has 0 spiro atoms. The van der Waals surface area contributed by atoms with Crippen LogP contribution in [0.2, 0.25) is 0 Å². The summed E-state index contributed by atoms with van der Waals surface area (Å²) in [5.74, 6) is -0.349. The number of hydrogen-bond donors (Lipinski definition) is 3. The fraction of sp³-hybridized carbons (Fsp3) is 0.588. The molecule has 0 aromatic heterocycles. The molecule has 0 radical (unpaired) electrons. The van der Waals surface area contributed by atoms with E-state index in [-0.39, 0.29) is 18.4 Å². The SMILES string of the molecule is CN(CCNC(=O)NCC(O)c1ccc(F)cc1)C1CCCC1. The van der Waals surface area contributed by atoms with E-state index in [2.05, 4.69) is 22.6 Å². The Morgan fingerprint density at radius 1 is 1.30 bits per heavy atom. The lowest BCUT2D eigenvalue weighted by Crippen LogP contribution is -2.42. The van der Waals surface area contributed by atoms with Crippen LogP contribution in [-0.2, 0) is 0 Å². The van der Waals surface area contributed by atoms with E-state index in [1.807, 2.05) is 0 Å². The molecule has 1 aromatic rings. The molecule has 1 atom stereocenters. The van der Waals surface area contributed by atoms with Gasteiger partial charge in [-0.2, -0.15) is 0 Å². The maximum absolute atomic E-state index is 12.8. The van der Waals surface area contributed by atoms with E-state index in [4.69, 9.17) is 0 Å². The van der Waals surface area contributed by atoms with Crippen LogP contribution in [0.5, 0.6) is 0 Å². The first-order chi connectivity index (χ1) is 11.1. The Morgan fingerprint density at radius 2 is 1.96 bits per heavy atom. The summed E-state index contributed by atoms with van der Waals surface area (Å²) in [6.07, 6.45) is 4.23. The number of halogens is 1. The topological polar surface area (TPSA) is 64.6 Å². The van der Waals surface area contributed by atoms with Crippen molar-refractivity contribution in [3.05, 3.63) is 35.6 Å². The first kappa shape index (κ1) is 17.7. The second-order valence-corrected chi connectivity index (χ2v) is 6.12. The Bertz CT molecular complexity index is 489. The van der Waals surface area contributed by atoms with E-state index in [1.165, 1.54) is 49.9 Å². The molecule has 1 unspecified atom stereocenters. The van der Waals surface area contributed by atoms with Crippen LogP contribution in [-0.4, -0.2) is 48.8 Å². The Balaban J connectivity index is 1.61. The molecule has 1 aliphatic carbocycles. The van der Waals surface area contributed by atoms with Crippen molar-refractivity contribution < 1.29 is 14.3 Å². The smallest absolute Gasteiger partial charge is 0.314 e. The van der Waals surface area contributed by atoms with Crippen LogP contribution in [0.4, 0.5) is 9.18 Å². The molecule has 128 valence electrons. The lowest BCUT2D eigenvalue weighted by Gasteiger charge is -2.24. The minimum absolute atomic E-state index is 0.0932. The zero-order valence-corrected chi connectivity index (χ0v) is 13.6. The predicted molar refractivity (Wildman–Crippen MR) is 87.6 cm³/mol. The van der Waals surface area contributed by atoms with Gasteiger partial charge in [0.2, 0.25) is 0 Å². The number of likely N-dealkylation sites (N-methyl/N-ethyl adjacent to an activating group) is 1. The maximum Gasteiger partial charge on any atom is 0.314 e. The highest BCUT2D eigenvalue weighted by Gasteiger charge is 2.19. The van der Waals surface area contributed by atoms with E-state index < -0.39 is 6.10 Å². The third kappa shape index (κ3) is 5.80. The average molecular weight is 323 g/mol. The van der Waals surface area contributed by atoms with Gasteiger partial charge in [-0.1, -0.05) is 25.0 Å². The molecule has 23 heavy (non-hydrogen) atoms. The van der Waals surface area contributed by atoms with Gasteiger partial charge < -0.3 is 20.6 Å². The Labute approximate surface area is 136 Å². The molecule has 6 heteroatoms. The lowest BCUT2D eigenvalue weighted by molar-refractivity contribution is 0.172. The molecule has 0 aliphatic heterocycles. The molecule has 1 aliphatic rings. The van der Waals surface area contributed by atoms with Crippen LogP contribution < -0.4 is 10.6 Å². The van der Waals surface area contributed by atoms with Crippen LogP contribution in [0.25, 0.3) is 0 Å². The Hall–Kier alpha value is -1.66. The highest BCUT2D eigenvalue weighted by molar-refractivity contribution is 5.73. The average Bonchev–Trinajstić information content (AvgIpc) is 3.07. The van der Waals surface area contributed by atoms with E-state index in [9.17, 15) is 14.3 Å². The first-order valence-corrected chi connectivity index (χ1v) is 8.21. The number of hydrogen-bond acceptors (Lipinski definition) is 3. The number of rotatable bonds is 7. The van der Waals surface area contributed by atoms with Gasteiger partial charge in [-0.05, 0) is 37.6 Å². The number of amides is 2. The van der Waals surface area contributed by atoms with Crippen molar-refractivity contribution in [3.63, 3.8) is 0 Å². The number of carbonyl (C=O) groups excluding carboxylic acids is 1. The largest absolute Gasteiger partial charge is 0.387 e. The van der Waals surface area contributed by atoms with Crippen molar-refractivity contribution in [2.75, 3.05) is 26.7 Å². The minimum Gasteiger partial charge on any atom is -0.387 e. The number of urea groups is 1. The molecule has 1 fully saturated rings. The van der Waals surface area contributed by atoms with Crippen LogP contribution in [0.3, 0.4) is 0 Å². The summed E-state index contributed by atoms with van der Waals surface area (Å²) in [7, 11) is 2.09. The zero-order chi connectivity index (χ0) is 16.7. The molecule has 1 aromatic carbocycles. The molecule has 0 bridgehead atoms. The van der Waals surface area contributed by atoms with Gasteiger partial charge in [0.15, 0.2) is 0 Å². The second-order valence-electron chi connectivity index (χ2n) is 6.12. The standard InChI is InChI=1S/C17H26FN3O2/c1-21(15-4-2-3-5-15)11-10-19-17(23)20-12-16(22)13-6-8-14(18)9-7-13/h6-9,15-16,22H,2-5,10-12H2,1H3,(H2,19,20,23). The van der Waals surface area contributed by atoms with Crippen LogP contribution in [0, 0.1) is 5.82 Å². The summed E-state index contributed by atoms with van der Waals surface area (Å²) in [6, 6.07) is 5.94. The normalized spacial score (nSPS) is 16.5. The van der Waals surface area contributed by atoms with Gasteiger partial charge in [0.05, 0.1) is 6.10 Å². The summed E-state index contributed by atoms with van der Waals surface area (Å²) in [5.41, 5.74) is 0.577. The van der Waals surface area contributed by atoms with E-state index in [1.54, 1.807) is 0 Å². The monoisotopic (exact) mass is 323 g/mol. The fourth-order valence-corrected chi connectivity index (χ4v) is 2.93. The molecule has 5 nitrogen and oxygen atoms in total. The summed E-state index contributed by atoms with van der Waals surface area (Å²) in [4.78, 5) is 14.0. The molecular weight excluding hydrogens is 297 g/mol. The third-order valence-electron chi connectivity index (χ3n) is 4.41. The van der Waals surface area contributed by atoms with Gasteiger partial charge in [0.25, 0.3) is 0 Å². The van der Waals surface area contributed by atoms with Crippen LogP contribution in [0.1, 0.15) is 37.4 Å². The Morgan fingerprint density at radius 3 is 2.61 bits per heavy atom. The zero-order valence-electron chi connectivity index (χ0n) is 13.6. The van der Waals surface area contributed by atoms with Crippen molar-refractivity contribution in [1.82, 2.24) is 15.5 Å². The van der Waals surface area contributed by atoms with Crippen molar-refractivity contribution in [2.45, 2.75) is 37.8 Å². The van der Waals surface area contributed by atoms with Crippen molar-refractivity contribution in [2.24, 2.45) is 0 Å². The van der Waals surface area contributed by atoms with Crippen LogP contribution >= 0.6 is 0 Å². The van der Waals surface area contributed by atoms with Gasteiger partial charge in [0, 0.05) is 25.7 Å². The fourth-order valence-electron chi connectivity index (χ4n) is 2.93. The molecular formula is C17H26FN3O2. The molecule has 0 saturated heterocycles. The van der Waals surface area contributed by atoms with Crippen LogP contribution in [0.15, 0.2) is 24.3 Å². The van der Waals surface area contributed by atoms with Gasteiger partial charge in [-0.3, -0.25) is 0 Å². The highest BCUT2D eigenvalue weighted by atomic mass is 19.1. The maximum atomic E-state index is 12.8. The molecule has 3 N–H and O–H groups in total. The second kappa shape index (κ2) is 8.84. The predicted octanol–water partition coefficient (Wildman–Crippen LogP) is 2.03. The Kier molecular flexibility index (Phi) is 6.80. The minimum atomic E-state index is -0.845. The van der Waals surface area contributed by atoms with Gasteiger partial charge in [-0.25, -0.2) is 9.18 Å². The number of nitrogens with zero attached hydrogens (tertiary/aromatic N) is 1. The van der Waals surface area contributed by atoms with Crippen molar-refractivity contribution in [3.8, 4) is 0 Å². The third-order valence-corrected chi connectivity index (χ3v) is 4.41. The highest BCUT2D eigenvalue weighted by Crippen LogP contribution is 2.21. The number of nitrogens with one attached hydrogen (secondary N) is 2. The first-order valence-electron chi connectivity index (χ1n) is 8.21. The van der Waals surface area contributed by atoms with Gasteiger partial charge in [-0.15, -0.1) is 0 Å². The number of aliphatic hydroxyl groups excluding tert-OH is 1.